The first-order chi connectivity index (χ1) is 14.6. The van der Waals surface area contributed by atoms with Gasteiger partial charge in [-0.15, -0.1) is 11.3 Å². The third kappa shape index (κ3) is 3.72. The van der Waals surface area contributed by atoms with E-state index < -0.39 is 0 Å². The number of nitrogens with zero attached hydrogens (tertiary/aromatic N) is 2. The lowest BCUT2D eigenvalue weighted by Gasteiger charge is -2.13. The molecule has 0 unspecified atom stereocenters. The van der Waals surface area contributed by atoms with Gasteiger partial charge in [0.05, 0.1) is 33.3 Å². The summed E-state index contributed by atoms with van der Waals surface area (Å²) in [6, 6.07) is 8.74. The lowest BCUT2D eigenvalue weighted by molar-refractivity contribution is 0.102. The van der Waals surface area contributed by atoms with Crippen molar-refractivity contribution in [3.05, 3.63) is 47.7 Å². The first-order valence-electron chi connectivity index (χ1n) is 8.79. The van der Waals surface area contributed by atoms with Gasteiger partial charge in [0.2, 0.25) is 5.75 Å². The van der Waals surface area contributed by atoms with Crippen molar-refractivity contribution in [2.24, 2.45) is 0 Å². The summed E-state index contributed by atoms with van der Waals surface area (Å²) in [6.45, 7) is 0. The van der Waals surface area contributed by atoms with Gasteiger partial charge in [0.25, 0.3) is 5.91 Å². The summed E-state index contributed by atoms with van der Waals surface area (Å²) in [7, 11) is 4.61. The van der Waals surface area contributed by atoms with Crippen molar-refractivity contribution in [3.63, 3.8) is 0 Å². The number of carbonyl (C=O) groups excluding carboxylic acids is 1. The summed E-state index contributed by atoms with van der Waals surface area (Å²) < 4.78 is 21.4. The number of furan rings is 1. The molecule has 0 atom stereocenters. The number of amides is 1. The number of anilines is 1. The Labute approximate surface area is 175 Å². The lowest BCUT2D eigenvalue weighted by Crippen LogP contribution is -2.12. The van der Waals surface area contributed by atoms with Gasteiger partial charge in [0.15, 0.2) is 22.4 Å². The van der Waals surface area contributed by atoms with Gasteiger partial charge in [-0.3, -0.25) is 15.2 Å². The topological polar surface area (TPSA) is 112 Å². The zero-order valence-corrected chi connectivity index (χ0v) is 17.2. The number of nitrogens with one attached hydrogen (secondary N) is 2. The number of ether oxygens (including phenoxy) is 3. The van der Waals surface area contributed by atoms with Crippen LogP contribution in [0.1, 0.15) is 10.5 Å². The minimum atomic E-state index is -0.360. The van der Waals surface area contributed by atoms with E-state index in [4.69, 9.17) is 18.6 Å². The monoisotopic (exact) mass is 426 g/mol. The lowest BCUT2D eigenvalue weighted by atomic mass is 10.1. The van der Waals surface area contributed by atoms with Crippen molar-refractivity contribution in [1.82, 2.24) is 15.2 Å². The van der Waals surface area contributed by atoms with Crippen molar-refractivity contribution in [3.8, 4) is 40.0 Å². The fourth-order valence-corrected chi connectivity index (χ4v) is 3.54. The van der Waals surface area contributed by atoms with E-state index >= 15 is 0 Å². The molecule has 0 aliphatic carbocycles. The summed E-state index contributed by atoms with van der Waals surface area (Å²) >= 11 is 1.30. The number of aromatic nitrogens is 3. The quantitative estimate of drug-likeness (QED) is 0.458. The smallest absolute Gasteiger partial charge is 0.275 e. The van der Waals surface area contributed by atoms with E-state index in [1.807, 2.05) is 5.38 Å². The SMILES string of the molecule is COc1cc(-c2cc(C(=O)Nc3nc(-c4ccco4)cs3)[nH]n2)cc(OC)c1OC. The molecule has 0 bridgehead atoms. The zero-order valence-electron chi connectivity index (χ0n) is 16.4. The molecule has 0 aliphatic heterocycles. The molecule has 1 amide bonds. The molecule has 1 aromatic carbocycles. The molecule has 2 N–H and O–H groups in total. The maximum atomic E-state index is 12.6. The Balaban J connectivity index is 1.55. The van der Waals surface area contributed by atoms with Gasteiger partial charge in [-0.05, 0) is 30.3 Å². The number of aromatic amines is 1. The van der Waals surface area contributed by atoms with Crippen molar-refractivity contribution in [2.45, 2.75) is 0 Å². The summed E-state index contributed by atoms with van der Waals surface area (Å²) in [5, 5.41) is 12.0. The number of hydrogen-bond donors (Lipinski definition) is 2. The standard InChI is InChI=1S/C20H18N4O5S/c1-26-16-7-11(8-17(27-2)18(16)28-3)12-9-13(24-23-12)19(25)22-20-21-14(10-30-20)15-5-4-6-29-15/h4-10H,1-3H3,(H,23,24)(H,21,22,25). The molecule has 3 heterocycles. The van der Waals surface area contributed by atoms with E-state index in [0.29, 0.717) is 45.1 Å². The second-order valence-electron chi connectivity index (χ2n) is 6.05. The Morgan fingerprint density at radius 2 is 1.87 bits per heavy atom. The third-order valence-corrected chi connectivity index (χ3v) is 5.04. The molecule has 154 valence electrons. The molecule has 0 fully saturated rings. The van der Waals surface area contributed by atoms with Gasteiger partial charge in [0.1, 0.15) is 11.4 Å². The van der Waals surface area contributed by atoms with Crippen LogP contribution in [0.2, 0.25) is 0 Å². The van der Waals surface area contributed by atoms with E-state index in [-0.39, 0.29) is 11.6 Å². The number of carbonyl (C=O) groups is 1. The predicted molar refractivity (Wildman–Crippen MR) is 111 cm³/mol. The van der Waals surface area contributed by atoms with Crippen LogP contribution in [-0.2, 0) is 0 Å². The van der Waals surface area contributed by atoms with Crippen LogP contribution in [0.3, 0.4) is 0 Å². The van der Waals surface area contributed by atoms with Gasteiger partial charge < -0.3 is 18.6 Å². The van der Waals surface area contributed by atoms with Crippen molar-refractivity contribution in [1.29, 1.82) is 0 Å². The number of rotatable bonds is 7. The molecule has 4 aromatic rings. The van der Waals surface area contributed by atoms with E-state index in [9.17, 15) is 4.79 Å². The maximum absolute atomic E-state index is 12.6. The average molecular weight is 426 g/mol. The molecule has 0 radical (unpaired) electrons. The van der Waals surface area contributed by atoms with Gasteiger partial charge in [-0.25, -0.2) is 4.98 Å². The Morgan fingerprint density at radius 1 is 1.10 bits per heavy atom. The first-order valence-corrected chi connectivity index (χ1v) is 9.67. The average Bonchev–Trinajstić information content (AvgIpc) is 3.53. The number of benzene rings is 1. The molecule has 3 aromatic heterocycles. The number of hydrogen-bond acceptors (Lipinski definition) is 8. The summed E-state index contributed by atoms with van der Waals surface area (Å²) in [5.74, 6) is 1.75. The van der Waals surface area contributed by atoms with Crippen molar-refractivity contribution < 1.29 is 23.4 Å². The zero-order chi connectivity index (χ0) is 21.1. The largest absolute Gasteiger partial charge is 0.493 e. The van der Waals surface area contributed by atoms with E-state index in [0.717, 1.165) is 0 Å². The van der Waals surface area contributed by atoms with E-state index in [2.05, 4.69) is 20.5 Å². The van der Waals surface area contributed by atoms with E-state index in [1.54, 1.807) is 36.6 Å². The Bertz CT molecular complexity index is 1140. The molecule has 0 aliphatic rings. The summed E-state index contributed by atoms with van der Waals surface area (Å²) in [5.41, 5.74) is 2.19. The number of methoxy groups -OCH3 is 3. The first kappa shape index (κ1) is 19.5. The molecule has 9 nitrogen and oxygen atoms in total. The molecular weight excluding hydrogens is 408 g/mol. The highest BCUT2D eigenvalue weighted by Gasteiger charge is 2.18. The fraction of sp³-hybridized carbons (Fsp3) is 0.150. The molecule has 0 saturated heterocycles. The number of H-pyrrole nitrogens is 1. The number of thiazole rings is 1. The van der Waals surface area contributed by atoms with E-state index in [1.165, 1.54) is 32.7 Å². The highest BCUT2D eigenvalue weighted by atomic mass is 32.1. The molecule has 0 spiro atoms. The van der Waals surface area contributed by atoms with Crippen LogP contribution in [-0.4, -0.2) is 42.4 Å². The van der Waals surface area contributed by atoms with Crippen LogP contribution in [0.15, 0.2) is 46.4 Å². The van der Waals surface area contributed by atoms with Crippen LogP contribution in [0.5, 0.6) is 17.2 Å². The van der Waals surface area contributed by atoms with Crippen LogP contribution >= 0.6 is 11.3 Å². The molecule has 4 rings (SSSR count). The van der Waals surface area contributed by atoms with Crippen LogP contribution < -0.4 is 19.5 Å². The van der Waals surface area contributed by atoms with Crippen LogP contribution in [0.4, 0.5) is 5.13 Å². The Morgan fingerprint density at radius 3 is 2.50 bits per heavy atom. The second-order valence-corrected chi connectivity index (χ2v) is 6.91. The fourth-order valence-electron chi connectivity index (χ4n) is 2.85. The van der Waals surface area contributed by atoms with Crippen molar-refractivity contribution >= 4 is 22.4 Å². The van der Waals surface area contributed by atoms with Crippen molar-refractivity contribution in [2.75, 3.05) is 26.6 Å². The summed E-state index contributed by atoms with van der Waals surface area (Å²) in [6.07, 6.45) is 1.57. The Kier molecular flexibility index (Phi) is 5.40. The highest BCUT2D eigenvalue weighted by Crippen LogP contribution is 2.40. The highest BCUT2D eigenvalue weighted by molar-refractivity contribution is 7.14. The van der Waals surface area contributed by atoms with Gasteiger partial charge in [-0.1, -0.05) is 0 Å². The Hall–Kier alpha value is -3.79. The molecule has 0 saturated carbocycles. The third-order valence-electron chi connectivity index (χ3n) is 4.28. The minimum absolute atomic E-state index is 0.286. The second kappa shape index (κ2) is 8.29. The van der Waals surface area contributed by atoms with Crippen LogP contribution in [0, 0.1) is 0 Å². The predicted octanol–water partition coefficient (Wildman–Crippen LogP) is 4.07. The maximum Gasteiger partial charge on any atom is 0.275 e. The molecule has 10 heteroatoms. The van der Waals surface area contributed by atoms with Gasteiger partial charge in [0, 0.05) is 10.9 Å². The normalized spacial score (nSPS) is 10.6. The van der Waals surface area contributed by atoms with Crippen LogP contribution in [0.25, 0.3) is 22.7 Å². The summed E-state index contributed by atoms with van der Waals surface area (Å²) in [4.78, 5) is 17.0. The van der Waals surface area contributed by atoms with Gasteiger partial charge in [-0.2, -0.15) is 5.10 Å². The molecule has 30 heavy (non-hydrogen) atoms. The molecular formula is C20H18N4O5S. The van der Waals surface area contributed by atoms with Gasteiger partial charge >= 0.3 is 0 Å². The minimum Gasteiger partial charge on any atom is -0.493 e.